The Labute approximate surface area is 145 Å². The lowest BCUT2D eigenvalue weighted by Crippen LogP contribution is -2.34. The van der Waals surface area contributed by atoms with Crippen LogP contribution >= 0.6 is 8.53 Å². The summed E-state index contributed by atoms with van der Waals surface area (Å²) in [5, 5.41) is 0. The van der Waals surface area contributed by atoms with E-state index in [2.05, 4.69) is 24.3 Å². The van der Waals surface area contributed by atoms with Gasteiger partial charge in [0.15, 0.2) is 0 Å². The van der Waals surface area contributed by atoms with Crippen molar-refractivity contribution in [1.29, 1.82) is 0 Å². The van der Waals surface area contributed by atoms with Gasteiger partial charge in [0, 0.05) is 6.04 Å². The van der Waals surface area contributed by atoms with Gasteiger partial charge in [-0.3, -0.25) is 0 Å². The second-order valence-electron chi connectivity index (χ2n) is 6.52. The van der Waals surface area contributed by atoms with Gasteiger partial charge >= 0.3 is 0 Å². The Bertz CT molecular complexity index is 558. The zero-order valence-electron chi connectivity index (χ0n) is 14.0. The van der Waals surface area contributed by atoms with Crippen LogP contribution in [-0.2, 0) is 0 Å². The van der Waals surface area contributed by atoms with Crippen LogP contribution in [0.15, 0.2) is 60.7 Å². The fraction of sp³-hybridized carbons (Fsp3) is 0.400. The molecule has 1 aliphatic carbocycles. The average molecular weight is 343 g/mol. The molecule has 2 aromatic carbocycles. The zero-order chi connectivity index (χ0) is 16.8. The van der Waals surface area contributed by atoms with Crippen LogP contribution < -0.4 is 0 Å². The van der Waals surface area contributed by atoms with Crippen molar-refractivity contribution < 1.29 is 9.79 Å². The average Bonchev–Trinajstić information content (AvgIpc) is 2.90. The van der Waals surface area contributed by atoms with Gasteiger partial charge in [-0.1, -0.05) is 86.3 Å². The molecule has 2 aromatic rings. The zero-order valence-corrected chi connectivity index (χ0v) is 14.9. The smallest absolute Gasteiger partial charge is 0.254 e. The van der Waals surface area contributed by atoms with Crippen molar-refractivity contribution >= 4 is 8.53 Å². The van der Waals surface area contributed by atoms with Crippen LogP contribution in [0.3, 0.4) is 0 Å². The van der Waals surface area contributed by atoms with E-state index >= 15 is 0 Å². The minimum absolute atomic E-state index is 0.114. The third-order valence-corrected chi connectivity index (χ3v) is 5.87. The van der Waals surface area contributed by atoms with Crippen molar-refractivity contribution in [2.75, 3.05) is 0 Å². The van der Waals surface area contributed by atoms with Crippen LogP contribution in [0.5, 0.6) is 0 Å². The molecule has 0 bridgehead atoms. The molecule has 0 spiro atoms. The van der Waals surface area contributed by atoms with E-state index in [1.807, 2.05) is 41.1 Å². The third kappa shape index (κ3) is 4.23. The van der Waals surface area contributed by atoms with Gasteiger partial charge in [0.05, 0.1) is 6.04 Å². The van der Waals surface area contributed by atoms with Gasteiger partial charge < -0.3 is 9.79 Å². The third-order valence-electron chi connectivity index (χ3n) is 4.90. The van der Waals surface area contributed by atoms with Crippen LogP contribution in [-0.4, -0.2) is 20.5 Å². The van der Waals surface area contributed by atoms with Gasteiger partial charge in [0.25, 0.3) is 8.53 Å². The molecule has 0 aromatic heterocycles. The summed E-state index contributed by atoms with van der Waals surface area (Å²) in [7, 11) is -2.15. The standard InChI is InChI=1S/C20H26NO2P/c22-24(23)21(19-15-9-1-2-10-16-19)20(17-11-5-3-6-12-17)18-13-7-4-8-14-18/h3-8,11-14,19-20,22-23H,1-2,9-10,15-16H2. The number of hydrogen-bond acceptors (Lipinski definition) is 3. The molecule has 24 heavy (non-hydrogen) atoms. The highest BCUT2D eigenvalue weighted by atomic mass is 31.2. The normalized spacial score (nSPS) is 16.7. The van der Waals surface area contributed by atoms with Gasteiger partial charge in [-0.15, -0.1) is 0 Å². The number of nitrogens with zero attached hydrogens (tertiary/aromatic N) is 1. The van der Waals surface area contributed by atoms with Crippen LogP contribution in [0.2, 0.25) is 0 Å². The van der Waals surface area contributed by atoms with Crippen molar-refractivity contribution in [2.45, 2.75) is 50.6 Å². The molecule has 0 unspecified atom stereocenters. The van der Waals surface area contributed by atoms with Crippen LogP contribution in [0.1, 0.15) is 55.7 Å². The maximum atomic E-state index is 10.3. The minimum atomic E-state index is -2.15. The van der Waals surface area contributed by atoms with E-state index in [0.717, 1.165) is 24.0 Å². The Morgan fingerprint density at radius 1 is 0.750 bits per heavy atom. The summed E-state index contributed by atoms with van der Waals surface area (Å²) in [4.78, 5) is 20.6. The van der Waals surface area contributed by atoms with E-state index in [-0.39, 0.29) is 12.1 Å². The van der Waals surface area contributed by atoms with Crippen LogP contribution in [0.4, 0.5) is 0 Å². The van der Waals surface area contributed by atoms with Crippen molar-refractivity contribution in [3.8, 4) is 0 Å². The second kappa shape index (κ2) is 8.73. The van der Waals surface area contributed by atoms with Crippen molar-refractivity contribution in [3.63, 3.8) is 0 Å². The van der Waals surface area contributed by atoms with Crippen molar-refractivity contribution in [3.05, 3.63) is 71.8 Å². The predicted octanol–water partition coefficient (Wildman–Crippen LogP) is 5.01. The summed E-state index contributed by atoms with van der Waals surface area (Å²) in [6, 6.07) is 20.5. The molecule has 3 rings (SSSR count). The quantitative estimate of drug-likeness (QED) is 0.592. The lowest BCUT2D eigenvalue weighted by atomic mass is 9.96. The Kier molecular flexibility index (Phi) is 6.39. The van der Waals surface area contributed by atoms with Crippen molar-refractivity contribution in [1.82, 2.24) is 4.67 Å². The highest BCUT2D eigenvalue weighted by Crippen LogP contribution is 2.46. The number of hydrogen-bond donors (Lipinski definition) is 2. The SMILES string of the molecule is OP(O)N(C1CCCCCC1)C(c1ccccc1)c1ccccc1. The molecule has 1 aliphatic rings. The monoisotopic (exact) mass is 343 g/mol. The molecular formula is C20H26NO2P. The predicted molar refractivity (Wildman–Crippen MR) is 99.4 cm³/mol. The molecule has 0 radical (unpaired) electrons. The Morgan fingerprint density at radius 3 is 1.62 bits per heavy atom. The summed E-state index contributed by atoms with van der Waals surface area (Å²) < 4.78 is 1.96. The van der Waals surface area contributed by atoms with E-state index in [1.54, 1.807) is 0 Å². The van der Waals surface area contributed by atoms with Crippen molar-refractivity contribution in [2.24, 2.45) is 0 Å². The fourth-order valence-corrected chi connectivity index (χ4v) is 4.75. The van der Waals surface area contributed by atoms with Crippen LogP contribution in [0.25, 0.3) is 0 Å². The fourth-order valence-electron chi connectivity index (χ4n) is 3.75. The molecule has 1 saturated carbocycles. The molecule has 0 atom stereocenters. The van der Waals surface area contributed by atoms with Crippen LogP contribution in [0, 0.1) is 0 Å². The highest BCUT2D eigenvalue weighted by molar-refractivity contribution is 7.42. The van der Waals surface area contributed by atoms with E-state index in [9.17, 15) is 9.79 Å². The molecule has 2 N–H and O–H groups in total. The largest absolute Gasteiger partial charge is 0.338 e. The molecule has 0 amide bonds. The minimum Gasteiger partial charge on any atom is -0.338 e. The lowest BCUT2D eigenvalue weighted by Gasteiger charge is -2.38. The summed E-state index contributed by atoms with van der Waals surface area (Å²) in [6.07, 6.45) is 6.91. The summed E-state index contributed by atoms with van der Waals surface area (Å²) in [5.74, 6) is 0. The van der Waals surface area contributed by atoms with E-state index in [0.29, 0.717) is 0 Å². The van der Waals surface area contributed by atoms with Gasteiger partial charge in [0.2, 0.25) is 0 Å². The van der Waals surface area contributed by atoms with E-state index < -0.39 is 8.53 Å². The number of benzene rings is 2. The maximum Gasteiger partial charge on any atom is 0.254 e. The van der Waals surface area contributed by atoms with Gasteiger partial charge in [0.1, 0.15) is 0 Å². The topological polar surface area (TPSA) is 43.7 Å². The Balaban J connectivity index is 2.00. The van der Waals surface area contributed by atoms with Gasteiger partial charge in [-0.05, 0) is 24.0 Å². The first-order valence-corrected chi connectivity index (χ1v) is 10.0. The Morgan fingerprint density at radius 2 is 1.21 bits per heavy atom. The molecule has 0 heterocycles. The molecule has 3 nitrogen and oxygen atoms in total. The Hall–Kier alpha value is -1.25. The first kappa shape index (κ1) is 17.6. The maximum absolute atomic E-state index is 10.3. The summed E-state index contributed by atoms with van der Waals surface area (Å²) in [5.41, 5.74) is 2.23. The number of rotatable bonds is 5. The first-order chi connectivity index (χ1) is 11.8. The lowest BCUT2D eigenvalue weighted by molar-refractivity contribution is 0.221. The molecule has 1 fully saturated rings. The molecule has 128 valence electrons. The molecule has 4 heteroatoms. The van der Waals surface area contributed by atoms with E-state index in [4.69, 9.17) is 0 Å². The van der Waals surface area contributed by atoms with Gasteiger partial charge in [-0.25, -0.2) is 4.67 Å². The summed E-state index contributed by atoms with van der Waals surface area (Å²) >= 11 is 0. The summed E-state index contributed by atoms with van der Waals surface area (Å²) in [6.45, 7) is 0. The van der Waals surface area contributed by atoms with Gasteiger partial charge in [-0.2, -0.15) is 0 Å². The molecule has 0 aliphatic heterocycles. The van der Waals surface area contributed by atoms with E-state index in [1.165, 1.54) is 25.7 Å². The molecule has 0 saturated heterocycles. The highest BCUT2D eigenvalue weighted by Gasteiger charge is 2.34. The first-order valence-electron chi connectivity index (χ1n) is 8.83. The second-order valence-corrected chi connectivity index (χ2v) is 7.52. The molecular weight excluding hydrogens is 317 g/mol.